The van der Waals surface area contributed by atoms with E-state index in [0.717, 1.165) is 0 Å². The summed E-state index contributed by atoms with van der Waals surface area (Å²) in [6, 6.07) is 8.24. The van der Waals surface area contributed by atoms with Crippen molar-refractivity contribution in [3.63, 3.8) is 0 Å². The smallest absolute Gasteiger partial charge is 0.261 e. The minimum absolute atomic E-state index is 0.150. The van der Waals surface area contributed by atoms with Gasteiger partial charge >= 0.3 is 6.30 Å². The second-order valence-electron chi connectivity index (χ2n) is 2.58. The van der Waals surface area contributed by atoms with Gasteiger partial charge in [-0.25, -0.2) is 0 Å². The number of nitrogens with two attached hydrogens (primary N) is 1. The van der Waals surface area contributed by atoms with Crippen LogP contribution in [0.1, 0.15) is 5.56 Å². The van der Waals surface area contributed by atoms with E-state index in [1.54, 1.807) is 30.3 Å². The highest BCUT2D eigenvalue weighted by Gasteiger charge is 2.34. The average Bonchev–Trinajstić information content (AvgIpc) is 2.04. The molecule has 0 aromatic heterocycles. The molecule has 5 heteroatoms. The van der Waals surface area contributed by atoms with Gasteiger partial charge in [0.25, 0.3) is 0 Å². The van der Waals surface area contributed by atoms with Gasteiger partial charge in [-0.05, 0) is 5.56 Å². The molecule has 0 fully saturated rings. The van der Waals surface area contributed by atoms with Crippen LogP contribution in [0.15, 0.2) is 30.3 Å². The highest BCUT2D eigenvalue weighted by atomic mass is 19.4. The minimum Gasteiger partial charge on any atom is -0.261 e. The molecule has 0 radical (unpaired) electrons. The molecule has 0 bridgehead atoms. The first kappa shape index (κ1) is 10.0. The van der Waals surface area contributed by atoms with Gasteiger partial charge in [0.15, 0.2) is 0 Å². The van der Waals surface area contributed by atoms with E-state index in [0.29, 0.717) is 5.56 Å². The van der Waals surface area contributed by atoms with Crippen LogP contribution < -0.4 is 5.84 Å². The number of hydrogen-bond acceptors (Lipinski definition) is 2. The van der Waals surface area contributed by atoms with E-state index < -0.39 is 6.30 Å². The third-order valence-electron chi connectivity index (χ3n) is 1.52. The Bertz CT molecular complexity index is 258. The molecule has 0 spiro atoms. The third kappa shape index (κ3) is 3.04. The highest BCUT2D eigenvalue weighted by Crippen LogP contribution is 2.19. The highest BCUT2D eigenvalue weighted by molar-refractivity contribution is 5.14. The molecule has 1 aromatic rings. The van der Waals surface area contributed by atoms with Crippen LogP contribution >= 0.6 is 0 Å². The number of rotatable bonds is 2. The molecule has 0 saturated carbocycles. The van der Waals surface area contributed by atoms with Gasteiger partial charge < -0.3 is 0 Å². The molecule has 0 saturated heterocycles. The van der Waals surface area contributed by atoms with Crippen LogP contribution in [0.3, 0.4) is 0 Å². The second-order valence-corrected chi connectivity index (χ2v) is 2.58. The van der Waals surface area contributed by atoms with Crippen molar-refractivity contribution in [3.05, 3.63) is 35.9 Å². The van der Waals surface area contributed by atoms with Gasteiger partial charge in [-0.15, -0.1) is 5.01 Å². The van der Waals surface area contributed by atoms with Gasteiger partial charge in [0.2, 0.25) is 0 Å². The first-order valence-electron chi connectivity index (χ1n) is 3.63. The molecule has 0 unspecified atom stereocenters. The average molecular weight is 190 g/mol. The topological polar surface area (TPSA) is 29.3 Å². The second kappa shape index (κ2) is 3.76. The van der Waals surface area contributed by atoms with Crippen molar-refractivity contribution in [2.24, 2.45) is 5.84 Å². The lowest BCUT2D eigenvalue weighted by Gasteiger charge is -2.18. The Hall–Kier alpha value is -1.07. The Morgan fingerprint density at radius 3 is 2.15 bits per heavy atom. The number of benzene rings is 1. The fourth-order valence-electron chi connectivity index (χ4n) is 0.870. The first-order valence-corrected chi connectivity index (χ1v) is 3.63. The van der Waals surface area contributed by atoms with E-state index in [1.165, 1.54) is 0 Å². The first-order chi connectivity index (χ1) is 6.00. The Morgan fingerprint density at radius 1 is 1.15 bits per heavy atom. The van der Waals surface area contributed by atoms with Crippen LogP contribution in [0, 0.1) is 0 Å². The molecule has 72 valence electrons. The molecule has 2 nitrogen and oxygen atoms in total. The van der Waals surface area contributed by atoms with Crippen LogP contribution in [0.5, 0.6) is 0 Å². The zero-order chi connectivity index (χ0) is 9.90. The Labute approximate surface area is 73.7 Å². The molecule has 0 amide bonds. The van der Waals surface area contributed by atoms with E-state index in [2.05, 4.69) is 0 Å². The van der Waals surface area contributed by atoms with Gasteiger partial charge in [0.05, 0.1) is 0 Å². The summed E-state index contributed by atoms with van der Waals surface area (Å²) in [6.45, 7) is -0.329. The summed E-state index contributed by atoms with van der Waals surface area (Å²) in [5.74, 6) is 4.79. The van der Waals surface area contributed by atoms with E-state index in [9.17, 15) is 13.2 Å². The predicted octanol–water partition coefficient (Wildman–Crippen LogP) is 1.88. The molecular weight excluding hydrogens is 181 g/mol. The van der Waals surface area contributed by atoms with Crippen molar-refractivity contribution in [3.8, 4) is 0 Å². The quantitative estimate of drug-likeness (QED) is 0.438. The molecule has 0 aliphatic rings. The third-order valence-corrected chi connectivity index (χ3v) is 1.52. The summed E-state index contributed by atoms with van der Waals surface area (Å²) in [6.07, 6.45) is -4.48. The monoisotopic (exact) mass is 190 g/mol. The van der Waals surface area contributed by atoms with Crippen molar-refractivity contribution in [1.82, 2.24) is 5.01 Å². The van der Waals surface area contributed by atoms with Crippen LogP contribution in [-0.2, 0) is 6.54 Å². The van der Waals surface area contributed by atoms with Gasteiger partial charge in [-0.3, -0.25) is 5.84 Å². The lowest BCUT2D eigenvalue weighted by molar-refractivity contribution is -0.251. The maximum Gasteiger partial charge on any atom is 0.473 e. The Morgan fingerprint density at radius 2 is 1.69 bits per heavy atom. The normalized spacial score (nSPS) is 12.1. The van der Waals surface area contributed by atoms with E-state index in [-0.39, 0.29) is 11.6 Å². The fourth-order valence-corrected chi connectivity index (χ4v) is 0.870. The zero-order valence-electron chi connectivity index (χ0n) is 6.75. The number of alkyl halides is 3. The summed E-state index contributed by atoms with van der Waals surface area (Å²) in [4.78, 5) is 0. The lowest BCUT2D eigenvalue weighted by Crippen LogP contribution is -2.42. The molecule has 0 atom stereocenters. The Balaban J connectivity index is 2.61. The largest absolute Gasteiger partial charge is 0.473 e. The van der Waals surface area contributed by atoms with E-state index >= 15 is 0 Å². The lowest BCUT2D eigenvalue weighted by atomic mass is 10.2. The van der Waals surface area contributed by atoms with Crippen LogP contribution in [0.4, 0.5) is 13.2 Å². The van der Waals surface area contributed by atoms with Crippen molar-refractivity contribution in [1.29, 1.82) is 0 Å². The van der Waals surface area contributed by atoms with E-state index in [1.807, 2.05) is 0 Å². The predicted molar refractivity (Wildman–Crippen MR) is 42.2 cm³/mol. The van der Waals surface area contributed by atoms with Crippen molar-refractivity contribution < 1.29 is 13.2 Å². The molecular formula is C8H9F3N2. The van der Waals surface area contributed by atoms with Crippen LogP contribution in [0.25, 0.3) is 0 Å². The van der Waals surface area contributed by atoms with Gasteiger partial charge in [0.1, 0.15) is 0 Å². The van der Waals surface area contributed by atoms with E-state index in [4.69, 9.17) is 5.84 Å². The van der Waals surface area contributed by atoms with Crippen LogP contribution in [-0.4, -0.2) is 11.3 Å². The van der Waals surface area contributed by atoms with Gasteiger partial charge in [0, 0.05) is 6.54 Å². The molecule has 1 aromatic carbocycles. The molecule has 1 rings (SSSR count). The van der Waals surface area contributed by atoms with Crippen molar-refractivity contribution >= 4 is 0 Å². The standard InChI is InChI=1S/C8H9F3N2/c9-8(10,11)13(12)6-7-4-2-1-3-5-7/h1-5H,6,12H2. The molecule has 0 aliphatic heterocycles. The van der Waals surface area contributed by atoms with Crippen molar-refractivity contribution in [2.75, 3.05) is 0 Å². The zero-order valence-corrected chi connectivity index (χ0v) is 6.75. The fraction of sp³-hybridized carbons (Fsp3) is 0.250. The minimum atomic E-state index is -4.48. The van der Waals surface area contributed by atoms with Gasteiger partial charge in [-0.2, -0.15) is 13.2 Å². The molecule has 0 aliphatic carbocycles. The summed E-state index contributed by atoms with van der Waals surface area (Å²) >= 11 is 0. The number of hydrogen-bond donors (Lipinski definition) is 1. The SMILES string of the molecule is NN(Cc1ccccc1)C(F)(F)F. The summed E-state index contributed by atoms with van der Waals surface area (Å²) in [5.41, 5.74) is 0.530. The number of hydrazine groups is 1. The molecule has 13 heavy (non-hydrogen) atoms. The maximum absolute atomic E-state index is 11.9. The number of nitrogens with zero attached hydrogens (tertiary/aromatic N) is 1. The van der Waals surface area contributed by atoms with Crippen molar-refractivity contribution in [2.45, 2.75) is 12.8 Å². The maximum atomic E-state index is 11.9. The molecule has 0 heterocycles. The summed E-state index contributed by atoms with van der Waals surface area (Å²) in [5, 5.41) is -0.150. The summed E-state index contributed by atoms with van der Waals surface area (Å²) in [7, 11) is 0. The summed E-state index contributed by atoms with van der Waals surface area (Å²) < 4.78 is 35.8. The van der Waals surface area contributed by atoms with Crippen LogP contribution in [0.2, 0.25) is 0 Å². The Kier molecular flexibility index (Phi) is 2.90. The number of halogens is 3. The van der Waals surface area contributed by atoms with Gasteiger partial charge in [-0.1, -0.05) is 30.3 Å². The molecule has 2 N–H and O–H groups in total.